The molecule has 1 aromatic rings. The van der Waals surface area contributed by atoms with Gasteiger partial charge in [0.2, 0.25) is 0 Å². The first-order valence-electron chi connectivity index (χ1n) is 6.06. The summed E-state index contributed by atoms with van der Waals surface area (Å²) in [5.74, 6) is -0.404. The molecule has 118 valence electrons. The summed E-state index contributed by atoms with van der Waals surface area (Å²) < 4.78 is 50.3. The van der Waals surface area contributed by atoms with E-state index in [1.54, 1.807) is 19.1 Å². The lowest BCUT2D eigenvalue weighted by Crippen LogP contribution is -2.27. The zero-order chi connectivity index (χ0) is 15.9. The highest BCUT2D eigenvalue weighted by molar-refractivity contribution is 7.95. The van der Waals surface area contributed by atoms with Crippen molar-refractivity contribution in [1.29, 1.82) is 0 Å². The summed E-state index contributed by atoms with van der Waals surface area (Å²) in [5, 5.41) is 0. The van der Waals surface area contributed by atoms with Gasteiger partial charge in [0.1, 0.15) is 5.75 Å². The number of halogens is 3. The van der Waals surface area contributed by atoms with E-state index >= 15 is 0 Å². The Kier molecular flexibility index (Phi) is 6.83. The van der Waals surface area contributed by atoms with Crippen LogP contribution in [-0.4, -0.2) is 31.3 Å². The van der Waals surface area contributed by atoms with Gasteiger partial charge >= 0.3 is 11.5 Å². The summed E-state index contributed by atoms with van der Waals surface area (Å²) in [4.78, 5) is 11.6. The van der Waals surface area contributed by atoms with Gasteiger partial charge in [-0.1, -0.05) is 12.1 Å². The van der Waals surface area contributed by atoms with Gasteiger partial charge in [-0.2, -0.15) is 13.2 Å². The molecule has 0 heterocycles. The number of alkyl halides is 3. The summed E-state index contributed by atoms with van der Waals surface area (Å²) >= 11 is -0.576. The molecule has 21 heavy (non-hydrogen) atoms. The van der Waals surface area contributed by atoms with Crippen molar-refractivity contribution in [2.75, 3.05) is 13.7 Å². The molecular formula is C13H15F3O4S. The van der Waals surface area contributed by atoms with Crippen LogP contribution in [-0.2, 0) is 20.7 Å². The van der Waals surface area contributed by atoms with Gasteiger partial charge in [0.05, 0.1) is 6.61 Å². The van der Waals surface area contributed by atoms with Crippen LogP contribution in [0, 0.1) is 0 Å². The lowest BCUT2D eigenvalue weighted by atomic mass is 10.1. The highest BCUT2D eigenvalue weighted by Gasteiger charge is 2.31. The Bertz CT molecular complexity index is 448. The van der Waals surface area contributed by atoms with Crippen molar-refractivity contribution < 1.29 is 31.6 Å². The summed E-state index contributed by atoms with van der Waals surface area (Å²) in [5.41, 5.74) is -3.73. The van der Waals surface area contributed by atoms with Gasteiger partial charge < -0.3 is 13.7 Å². The monoisotopic (exact) mass is 324 g/mol. The fourth-order valence-corrected chi connectivity index (χ4v) is 1.79. The first-order chi connectivity index (χ1) is 9.85. The fraction of sp³-hybridized carbons (Fsp3) is 0.462. The molecule has 1 rings (SSSR count). The van der Waals surface area contributed by atoms with Crippen LogP contribution >= 0.6 is 12.0 Å². The van der Waals surface area contributed by atoms with Gasteiger partial charge in [-0.15, -0.1) is 0 Å². The van der Waals surface area contributed by atoms with Crippen LogP contribution in [0.5, 0.6) is 5.75 Å². The van der Waals surface area contributed by atoms with Gasteiger partial charge in [-0.05, 0) is 24.6 Å². The van der Waals surface area contributed by atoms with Crippen molar-refractivity contribution in [2.45, 2.75) is 25.0 Å². The van der Waals surface area contributed by atoms with Crippen molar-refractivity contribution in [3.05, 3.63) is 29.8 Å². The van der Waals surface area contributed by atoms with Gasteiger partial charge in [0, 0.05) is 13.5 Å². The van der Waals surface area contributed by atoms with E-state index in [9.17, 15) is 18.0 Å². The molecule has 0 aliphatic heterocycles. The van der Waals surface area contributed by atoms with Crippen LogP contribution in [0.25, 0.3) is 0 Å². The number of rotatable bonds is 7. The molecule has 4 nitrogen and oxygen atoms in total. The number of carbonyl (C=O) groups excluding carboxylic acids is 1. The third-order valence-corrected chi connectivity index (χ3v) is 2.88. The second kappa shape index (κ2) is 8.14. The Morgan fingerprint density at radius 1 is 1.29 bits per heavy atom. The van der Waals surface area contributed by atoms with E-state index in [2.05, 4.69) is 4.18 Å². The molecular weight excluding hydrogens is 309 g/mol. The third-order valence-electron chi connectivity index (χ3n) is 2.41. The van der Waals surface area contributed by atoms with E-state index in [1.165, 1.54) is 19.2 Å². The number of ether oxygens (including phenoxy) is 2. The Hall–Kier alpha value is -1.41. The maximum absolute atomic E-state index is 12.0. The number of carbonyl (C=O) groups is 1. The van der Waals surface area contributed by atoms with E-state index in [4.69, 9.17) is 9.47 Å². The molecule has 0 radical (unpaired) electrons. The van der Waals surface area contributed by atoms with E-state index in [0.717, 1.165) is 5.56 Å². The molecule has 0 N–H and O–H groups in total. The average Bonchev–Trinajstić information content (AvgIpc) is 2.43. The molecule has 0 fully saturated rings. The number of hydrogen-bond donors (Lipinski definition) is 0. The standard InChI is InChI=1S/C13H15F3O4S/c1-3-19-12(17)11(18-2)8-9-4-6-10(7-5-9)20-21-13(14,15)16/h4-7,11H,3,8H2,1-2H3/t11-/m0/s1. The molecule has 0 aliphatic carbocycles. The minimum atomic E-state index is -4.45. The van der Waals surface area contributed by atoms with Gasteiger partial charge in [0.15, 0.2) is 18.1 Å². The molecule has 0 amide bonds. The zero-order valence-electron chi connectivity index (χ0n) is 11.5. The highest BCUT2D eigenvalue weighted by atomic mass is 32.2. The number of benzene rings is 1. The largest absolute Gasteiger partial charge is 0.479 e. The number of methoxy groups -OCH3 is 1. The topological polar surface area (TPSA) is 44.8 Å². The first-order valence-corrected chi connectivity index (χ1v) is 6.80. The molecule has 8 heteroatoms. The predicted molar refractivity (Wildman–Crippen MR) is 71.9 cm³/mol. The molecule has 0 aromatic heterocycles. The molecule has 0 bridgehead atoms. The average molecular weight is 324 g/mol. The van der Waals surface area contributed by atoms with Crippen LogP contribution in [0.1, 0.15) is 12.5 Å². The van der Waals surface area contributed by atoms with Gasteiger partial charge in [-0.25, -0.2) is 4.79 Å². The lowest BCUT2D eigenvalue weighted by Gasteiger charge is -2.14. The van der Waals surface area contributed by atoms with Crippen molar-refractivity contribution in [2.24, 2.45) is 0 Å². The van der Waals surface area contributed by atoms with Gasteiger partial charge in [0.25, 0.3) is 0 Å². The molecule has 1 atom stereocenters. The third kappa shape index (κ3) is 6.72. The van der Waals surface area contributed by atoms with E-state index < -0.39 is 29.6 Å². The molecule has 0 aliphatic rings. The van der Waals surface area contributed by atoms with E-state index in [-0.39, 0.29) is 18.8 Å². The second-order valence-electron chi connectivity index (χ2n) is 3.94. The molecule has 0 saturated carbocycles. The molecule has 0 saturated heterocycles. The van der Waals surface area contributed by atoms with Crippen LogP contribution in [0.15, 0.2) is 24.3 Å². The van der Waals surface area contributed by atoms with E-state index in [1.807, 2.05) is 0 Å². The van der Waals surface area contributed by atoms with Crippen LogP contribution < -0.4 is 4.18 Å². The smallest absolute Gasteiger partial charge is 0.464 e. The highest BCUT2D eigenvalue weighted by Crippen LogP contribution is 2.32. The fourth-order valence-electron chi connectivity index (χ4n) is 1.49. The quantitative estimate of drug-likeness (QED) is 0.568. The van der Waals surface area contributed by atoms with Crippen molar-refractivity contribution in [3.63, 3.8) is 0 Å². The van der Waals surface area contributed by atoms with Crippen molar-refractivity contribution in [3.8, 4) is 5.75 Å². The van der Waals surface area contributed by atoms with Gasteiger partial charge in [-0.3, -0.25) is 0 Å². The van der Waals surface area contributed by atoms with Crippen LogP contribution in [0.3, 0.4) is 0 Å². The van der Waals surface area contributed by atoms with E-state index in [0.29, 0.717) is 0 Å². The Balaban J connectivity index is 2.59. The van der Waals surface area contributed by atoms with Crippen molar-refractivity contribution >= 4 is 18.0 Å². The van der Waals surface area contributed by atoms with Crippen LogP contribution in [0.2, 0.25) is 0 Å². The minimum Gasteiger partial charge on any atom is -0.464 e. The normalized spacial score (nSPS) is 12.8. The minimum absolute atomic E-state index is 0.0752. The lowest BCUT2D eigenvalue weighted by molar-refractivity contribution is -0.154. The number of esters is 1. The summed E-state index contributed by atoms with van der Waals surface area (Å²) in [6, 6.07) is 5.92. The number of hydrogen-bond acceptors (Lipinski definition) is 5. The van der Waals surface area contributed by atoms with Crippen LogP contribution in [0.4, 0.5) is 13.2 Å². The summed E-state index contributed by atoms with van der Waals surface area (Å²) in [6.07, 6.45) is -0.483. The molecule has 0 spiro atoms. The van der Waals surface area contributed by atoms with Crippen molar-refractivity contribution in [1.82, 2.24) is 0 Å². The summed E-state index contributed by atoms with van der Waals surface area (Å²) in [7, 11) is 1.39. The zero-order valence-corrected chi connectivity index (χ0v) is 12.3. The first kappa shape index (κ1) is 17.6. The molecule has 1 aromatic carbocycles. The SMILES string of the molecule is CCOC(=O)[C@H](Cc1ccc(OSC(F)(F)F)cc1)OC. The maximum atomic E-state index is 12.0. The molecule has 0 unspecified atom stereocenters. The Morgan fingerprint density at radius 3 is 2.38 bits per heavy atom. The maximum Gasteiger partial charge on any atom is 0.479 e. The summed E-state index contributed by atoms with van der Waals surface area (Å²) in [6.45, 7) is 1.94. The predicted octanol–water partition coefficient (Wildman–Crippen LogP) is 3.35. The Morgan fingerprint density at radius 2 is 1.90 bits per heavy atom. The Labute approximate surface area is 124 Å². The second-order valence-corrected chi connectivity index (χ2v) is 4.73.